The van der Waals surface area contributed by atoms with E-state index in [1.807, 2.05) is 13.8 Å². The molecular weight excluding hydrogens is 240 g/mol. The monoisotopic (exact) mass is 268 g/mol. The summed E-state index contributed by atoms with van der Waals surface area (Å²) in [6.45, 7) is 8.11. The number of carboxylic acids is 1. The Balaban J connectivity index is 1.83. The summed E-state index contributed by atoms with van der Waals surface area (Å²) in [6, 6.07) is 0.762. The first kappa shape index (κ1) is 14.8. The summed E-state index contributed by atoms with van der Waals surface area (Å²) >= 11 is 0. The van der Waals surface area contributed by atoms with Gasteiger partial charge < -0.3 is 14.9 Å². The third kappa shape index (κ3) is 3.48. The van der Waals surface area contributed by atoms with Crippen molar-refractivity contribution < 1.29 is 9.90 Å². The minimum Gasteiger partial charge on any atom is -0.481 e. The lowest BCUT2D eigenvalue weighted by atomic mass is 9.83. The van der Waals surface area contributed by atoms with Gasteiger partial charge in [0.25, 0.3) is 0 Å². The lowest BCUT2D eigenvalue weighted by molar-refractivity contribution is -0.147. The third-order valence-electron chi connectivity index (χ3n) is 5.06. The normalized spacial score (nSPS) is 30.1. The van der Waals surface area contributed by atoms with Crippen LogP contribution >= 0.6 is 0 Å². The number of rotatable bonds is 4. The van der Waals surface area contributed by atoms with Crippen molar-refractivity contribution in [1.29, 1.82) is 0 Å². The Morgan fingerprint density at radius 1 is 1.32 bits per heavy atom. The molecule has 0 amide bonds. The van der Waals surface area contributed by atoms with Crippen molar-refractivity contribution in [2.75, 3.05) is 33.2 Å². The van der Waals surface area contributed by atoms with Crippen LogP contribution in [0, 0.1) is 11.3 Å². The van der Waals surface area contributed by atoms with Crippen molar-refractivity contribution in [3.05, 3.63) is 0 Å². The van der Waals surface area contributed by atoms with Gasteiger partial charge in [0, 0.05) is 12.6 Å². The van der Waals surface area contributed by atoms with Gasteiger partial charge in [0.05, 0.1) is 5.41 Å². The average Bonchev–Trinajstić information content (AvgIpc) is 2.36. The maximum absolute atomic E-state index is 11.1. The maximum Gasteiger partial charge on any atom is 0.309 e. The summed E-state index contributed by atoms with van der Waals surface area (Å²) in [5, 5.41) is 9.17. The number of carboxylic acid groups (broad SMARTS) is 1. The molecule has 0 aliphatic carbocycles. The highest BCUT2D eigenvalue weighted by atomic mass is 16.4. The Hall–Kier alpha value is -0.610. The molecule has 0 aromatic heterocycles. The van der Waals surface area contributed by atoms with Crippen molar-refractivity contribution in [2.45, 2.75) is 45.6 Å². The van der Waals surface area contributed by atoms with Crippen LogP contribution in [0.25, 0.3) is 0 Å². The lowest BCUT2D eigenvalue weighted by Gasteiger charge is -2.46. The average molecular weight is 268 g/mol. The fourth-order valence-electron chi connectivity index (χ4n) is 3.48. The Labute approximate surface area is 116 Å². The highest BCUT2D eigenvalue weighted by Crippen LogP contribution is 2.30. The van der Waals surface area contributed by atoms with Gasteiger partial charge in [-0.15, -0.1) is 0 Å². The number of hydrogen-bond acceptors (Lipinski definition) is 3. The zero-order valence-corrected chi connectivity index (χ0v) is 12.6. The Morgan fingerprint density at radius 3 is 2.74 bits per heavy atom. The van der Waals surface area contributed by atoms with Gasteiger partial charge in [-0.3, -0.25) is 4.79 Å². The first-order chi connectivity index (χ1) is 8.90. The van der Waals surface area contributed by atoms with E-state index in [1.54, 1.807) is 0 Å². The molecule has 2 unspecified atom stereocenters. The molecule has 2 atom stereocenters. The van der Waals surface area contributed by atoms with E-state index in [0.717, 1.165) is 38.0 Å². The number of nitrogens with zero attached hydrogens (tertiary/aromatic N) is 2. The Morgan fingerprint density at radius 2 is 2.05 bits per heavy atom. The first-order valence-corrected chi connectivity index (χ1v) is 7.56. The first-order valence-electron chi connectivity index (χ1n) is 7.56. The van der Waals surface area contributed by atoms with Crippen LogP contribution in [0.2, 0.25) is 0 Å². The van der Waals surface area contributed by atoms with Crippen LogP contribution in [0.3, 0.4) is 0 Å². The van der Waals surface area contributed by atoms with Gasteiger partial charge in [-0.25, -0.2) is 0 Å². The molecule has 110 valence electrons. The molecule has 0 radical (unpaired) electrons. The van der Waals surface area contributed by atoms with Gasteiger partial charge in [0.2, 0.25) is 0 Å². The molecule has 0 spiro atoms. The molecule has 4 heteroatoms. The fourth-order valence-corrected chi connectivity index (χ4v) is 3.48. The molecule has 4 nitrogen and oxygen atoms in total. The van der Waals surface area contributed by atoms with E-state index in [2.05, 4.69) is 16.8 Å². The molecule has 2 heterocycles. The number of fused-ring (bicyclic) bond motifs is 1. The van der Waals surface area contributed by atoms with Crippen LogP contribution in [0.4, 0.5) is 0 Å². The van der Waals surface area contributed by atoms with Gasteiger partial charge in [-0.1, -0.05) is 0 Å². The minimum atomic E-state index is -0.681. The molecule has 2 aliphatic rings. The van der Waals surface area contributed by atoms with E-state index in [-0.39, 0.29) is 0 Å². The predicted octanol–water partition coefficient (Wildman–Crippen LogP) is 1.90. The highest BCUT2D eigenvalue weighted by molar-refractivity contribution is 5.73. The summed E-state index contributed by atoms with van der Waals surface area (Å²) in [6.07, 6.45) is 4.64. The van der Waals surface area contributed by atoms with Crippen LogP contribution in [0.1, 0.15) is 39.5 Å². The van der Waals surface area contributed by atoms with Crippen molar-refractivity contribution in [2.24, 2.45) is 11.3 Å². The summed E-state index contributed by atoms with van der Waals surface area (Å²) in [5.74, 6) is 0.111. The molecule has 0 saturated carbocycles. The topological polar surface area (TPSA) is 43.8 Å². The standard InChI is InChI=1S/C15H28N2O2/c1-15(2,14(18)19)7-10-17-9-6-13-12(11-17)5-4-8-16(13)3/h12-13H,4-11H2,1-3H3,(H,18,19). The lowest BCUT2D eigenvalue weighted by Crippen LogP contribution is -2.53. The third-order valence-corrected chi connectivity index (χ3v) is 5.06. The summed E-state index contributed by atoms with van der Waals surface area (Å²) in [7, 11) is 2.25. The highest BCUT2D eigenvalue weighted by Gasteiger charge is 2.35. The molecule has 0 bridgehead atoms. The molecule has 2 rings (SSSR count). The van der Waals surface area contributed by atoms with Crippen LogP contribution in [-0.2, 0) is 4.79 Å². The smallest absolute Gasteiger partial charge is 0.309 e. The molecule has 0 aromatic rings. The van der Waals surface area contributed by atoms with E-state index in [9.17, 15) is 4.79 Å². The SMILES string of the molecule is CN1CCCC2CN(CCC(C)(C)C(=O)O)CCC21. The van der Waals surface area contributed by atoms with Crippen molar-refractivity contribution in [3.8, 4) is 0 Å². The minimum absolute atomic E-state index is 0.597. The molecule has 1 N–H and O–H groups in total. The quantitative estimate of drug-likeness (QED) is 0.846. The van der Waals surface area contributed by atoms with Crippen LogP contribution in [0.5, 0.6) is 0 Å². The summed E-state index contributed by atoms with van der Waals surface area (Å²) in [4.78, 5) is 16.1. The van der Waals surface area contributed by atoms with Crippen LogP contribution in [-0.4, -0.2) is 60.1 Å². The molecule has 2 fully saturated rings. The van der Waals surface area contributed by atoms with Crippen molar-refractivity contribution >= 4 is 5.97 Å². The predicted molar refractivity (Wildman–Crippen MR) is 76.2 cm³/mol. The van der Waals surface area contributed by atoms with E-state index in [1.165, 1.54) is 25.8 Å². The van der Waals surface area contributed by atoms with Gasteiger partial charge >= 0.3 is 5.97 Å². The Bertz CT molecular complexity index is 330. The zero-order valence-electron chi connectivity index (χ0n) is 12.6. The second kappa shape index (κ2) is 5.80. The summed E-state index contributed by atoms with van der Waals surface area (Å²) < 4.78 is 0. The van der Waals surface area contributed by atoms with Gasteiger partial charge in [-0.05, 0) is 72.1 Å². The number of likely N-dealkylation sites (tertiary alicyclic amines) is 2. The molecule has 0 aromatic carbocycles. The molecule has 2 saturated heterocycles. The van der Waals surface area contributed by atoms with Crippen LogP contribution in [0.15, 0.2) is 0 Å². The van der Waals surface area contributed by atoms with Crippen LogP contribution < -0.4 is 0 Å². The van der Waals surface area contributed by atoms with E-state index in [0.29, 0.717) is 0 Å². The second-order valence-electron chi connectivity index (χ2n) is 6.98. The number of hydrogen-bond donors (Lipinski definition) is 1. The number of carbonyl (C=O) groups is 1. The van der Waals surface area contributed by atoms with Crippen molar-refractivity contribution in [1.82, 2.24) is 9.80 Å². The maximum atomic E-state index is 11.1. The van der Waals surface area contributed by atoms with Crippen molar-refractivity contribution in [3.63, 3.8) is 0 Å². The van der Waals surface area contributed by atoms with E-state index in [4.69, 9.17) is 5.11 Å². The molecular formula is C15H28N2O2. The Kier molecular flexibility index (Phi) is 4.51. The molecule has 19 heavy (non-hydrogen) atoms. The van der Waals surface area contributed by atoms with E-state index < -0.39 is 11.4 Å². The fraction of sp³-hybridized carbons (Fsp3) is 0.933. The summed E-state index contributed by atoms with van der Waals surface area (Å²) in [5.41, 5.74) is -0.597. The zero-order chi connectivity index (χ0) is 14.0. The second-order valence-corrected chi connectivity index (χ2v) is 6.98. The number of aliphatic carboxylic acids is 1. The molecule has 2 aliphatic heterocycles. The van der Waals surface area contributed by atoms with E-state index >= 15 is 0 Å². The van der Waals surface area contributed by atoms with Gasteiger partial charge in [0.1, 0.15) is 0 Å². The van der Waals surface area contributed by atoms with Gasteiger partial charge in [-0.2, -0.15) is 0 Å². The van der Waals surface area contributed by atoms with Gasteiger partial charge in [0.15, 0.2) is 0 Å². The number of piperidine rings is 2. The largest absolute Gasteiger partial charge is 0.481 e.